The SMILES string of the molecule is CCCn1c(C)nc2c(NO)cccc21. The zero-order valence-electron chi connectivity index (χ0n) is 8.99. The van der Waals surface area contributed by atoms with Crippen LogP contribution in [0.4, 0.5) is 5.69 Å². The average molecular weight is 205 g/mol. The molecule has 0 aliphatic rings. The number of hydrogen-bond acceptors (Lipinski definition) is 3. The van der Waals surface area contributed by atoms with Crippen LogP contribution in [0.2, 0.25) is 0 Å². The third-order valence-corrected chi connectivity index (χ3v) is 2.54. The Kier molecular flexibility index (Phi) is 2.60. The Labute approximate surface area is 88.5 Å². The molecule has 0 aliphatic carbocycles. The van der Waals surface area contributed by atoms with Gasteiger partial charge in [-0.3, -0.25) is 10.7 Å². The first-order valence-electron chi connectivity index (χ1n) is 5.14. The van der Waals surface area contributed by atoms with Gasteiger partial charge in [-0.25, -0.2) is 4.98 Å². The van der Waals surface area contributed by atoms with Crippen molar-refractivity contribution >= 4 is 16.7 Å². The summed E-state index contributed by atoms with van der Waals surface area (Å²) in [6, 6.07) is 5.74. The van der Waals surface area contributed by atoms with E-state index in [9.17, 15) is 0 Å². The van der Waals surface area contributed by atoms with Gasteiger partial charge in [-0.05, 0) is 25.5 Å². The van der Waals surface area contributed by atoms with Gasteiger partial charge in [0, 0.05) is 6.54 Å². The van der Waals surface area contributed by atoms with Gasteiger partial charge in [0.15, 0.2) is 0 Å². The Morgan fingerprint density at radius 1 is 1.47 bits per heavy atom. The Morgan fingerprint density at radius 2 is 2.27 bits per heavy atom. The number of hydrogen-bond donors (Lipinski definition) is 2. The largest absolute Gasteiger partial charge is 0.328 e. The molecule has 15 heavy (non-hydrogen) atoms. The van der Waals surface area contributed by atoms with Gasteiger partial charge in [0.1, 0.15) is 11.3 Å². The van der Waals surface area contributed by atoms with Gasteiger partial charge in [-0.1, -0.05) is 13.0 Å². The first kappa shape index (κ1) is 9.98. The van der Waals surface area contributed by atoms with E-state index in [0.29, 0.717) is 5.69 Å². The molecule has 0 spiro atoms. The summed E-state index contributed by atoms with van der Waals surface area (Å²) in [6.45, 7) is 5.08. The van der Waals surface area contributed by atoms with Crippen LogP contribution in [0.5, 0.6) is 0 Å². The fourth-order valence-corrected chi connectivity index (χ4v) is 1.86. The summed E-state index contributed by atoms with van der Waals surface area (Å²) >= 11 is 0. The first-order chi connectivity index (χ1) is 7.27. The molecule has 4 heteroatoms. The van der Waals surface area contributed by atoms with E-state index in [0.717, 1.165) is 29.8 Å². The molecule has 0 bridgehead atoms. The maximum Gasteiger partial charge on any atom is 0.114 e. The molecule has 0 aliphatic heterocycles. The van der Waals surface area contributed by atoms with Crippen molar-refractivity contribution in [3.05, 3.63) is 24.0 Å². The molecule has 1 heterocycles. The number of imidazole rings is 1. The second-order valence-corrected chi connectivity index (χ2v) is 3.60. The molecule has 2 N–H and O–H groups in total. The predicted octanol–water partition coefficient (Wildman–Crippen LogP) is 2.56. The molecule has 0 unspecified atom stereocenters. The van der Waals surface area contributed by atoms with Gasteiger partial charge >= 0.3 is 0 Å². The van der Waals surface area contributed by atoms with Gasteiger partial charge in [0.2, 0.25) is 0 Å². The van der Waals surface area contributed by atoms with Crippen molar-refractivity contribution in [2.45, 2.75) is 26.8 Å². The lowest BCUT2D eigenvalue weighted by atomic mass is 10.2. The molecule has 1 aromatic carbocycles. The lowest BCUT2D eigenvalue weighted by Crippen LogP contribution is -1.98. The van der Waals surface area contributed by atoms with Crippen LogP contribution in [0.15, 0.2) is 18.2 Å². The van der Waals surface area contributed by atoms with Crippen LogP contribution in [0.25, 0.3) is 11.0 Å². The quantitative estimate of drug-likeness (QED) is 0.757. The zero-order valence-corrected chi connectivity index (χ0v) is 8.99. The minimum absolute atomic E-state index is 0.658. The highest BCUT2D eigenvalue weighted by atomic mass is 16.5. The number of fused-ring (bicyclic) bond motifs is 1. The summed E-state index contributed by atoms with van der Waals surface area (Å²) < 4.78 is 2.16. The molecule has 80 valence electrons. The Morgan fingerprint density at radius 3 is 2.93 bits per heavy atom. The summed E-state index contributed by atoms with van der Waals surface area (Å²) in [7, 11) is 0. The van der Waals surface area contributed by atoms with E-state index in [1.54, 1.807) is 0 Å². The van der Waals surface area contributed by atoms with E-state index in [-0.39, 0.29) is 0 Å². The van der Waals surface area contributed by atoms with Crippen molar-refractivity contribution < 1.29 is 5.21 Å². The third kappa shape index (κ3) is 1.57. The van der Waals surface area contributed by atoms with Gasteiger partial charge in [-0.2, -0.15) is 0 Å². The topological polar surface area (TPSA) is 50.1 Å². The molecule has 0 amide bonds. The fraction of sp³-hybridized carbons (Fsp3) is 0.364. The van der Waals surface area contributed by atoms with Crippen molar-refractivity contribution in [1.82, 2.24) is 9.55 Å². The molecule has 0 radical (unpaired) electrons. The lowest BCUT2D eigenvalue weighted by Gasteiger charge is -2.04. The van der Waals surface area contributed by atoms with Gasteiger partial charge in [-0.15, -0.1) is 0 Å². The van der Waals surface area contributed by atoms with E-state index in [2.05, 4.69) is 22.0 Å². The molecule has 2 rings (SSSR count). The number of anilines is 1. The average Bonchev–Trinajstić information content (AvgIpc) is 2.56. The first-order valence-corrected chi connectivity index (χ1v) is 5.14. The minimum atomic E-state index is 0.658. The minimum Gasteiger partial charge on any atom is -0.328 e. The van der Waals surface area contributed by atoms with E-state index >= 15 is 0 Å². The standard InChI is InChI=1S/C11H15N3O/c1-3-7-14-8(2)12-11-9(13-15)5-4-6-10(11)14/h4-6,13,15H,3,7H2,1-2H3. The van der Waals surface area contributed by atoms with Gasteiger partial charge in [0.25, 0.3) is 0 Å². The summed E-state index contributed by atoms with van der Waals surface area (Å²) in [5.41, 5.74) is 4.72. The Bertz CT molecular complexity index is 476. The molecular formula is C11H15N3O. The van der Waals surface area contributed by atoms with Crippen molar-refractivity contribution in [2.75, 3.05) is 5.48 Å². The van der Waals surface area contributed by atoms with Crippen LogP contribution >= 0.6 is 0 Å². The summed E-state index contributed by atoms with van der Waals surface area (Å²) in [4.78, 5) is 4.44. The normalized spacial score (nSPS) is 10.9. The molecule has 0 atom stereocenters. The van der Waals surface area contributed by atoms with Gasteiger partial charge < -0.3 is 4.57 Å². The van der Waals surface area contributed by atoms with Crippen molar-refractivity contribution in [3.63, 3.8) is 0 Å². The van der Waals surface area contributed by atoms with E-state index in [1.165, 1.54) is 0 Å². The van der Waals surface area contributed by atoms with Crippen LogP contribution in [-0.4, -0.2) is 14.8 Å². The maximum absolute atomic E-state index is 8.97. The second-order valence-electron chi connectivity index (χ2n) is 3.60. The smallest absolute Gasteiger partial charge is 0.114 e. The van der Waals surface area contributed by atoms with Crippen LogP contribution in [-0.2, 0) is 6.54 Å². The molecule has 0 fully saturated rings. The number of nitrogens with one attached hydrogen (secondary N) is 1. The van der Waals surface area contributed by atoms with Crippen molar-refractivity contribution in [3.8, 4) is 0 Å². The Balaban J connectivity index is 2.67. The Hall–Kier alpha value is -1.55. The second kappa shape index (κ2) is 3.90. The van der Waals surface area contributed by atoms with Crippen LogP contribution < -0.4 is 5.48 Å². The maximum atomic E-state index is 8.97. The number of para-hydroxylation sites is 1. The fourth-order valence-electron chi connectivity index (χ4n) is 1.86. The number of nitrogens with zero attached hydrogens (tertiary/aromatic N) is 2. The number of aryl methyl sites for hydroxylation is 2. The molecule has 2 aromatic rings. The highest BCUT2D eigenvalue weighted by Gasteiger charge is 2.09. The number of rotatable bonds is 3. The summed E-state index contributed by atoms with van der Waals surface area (Å²) in [5, 5.41) is 8.97. The molecule has 0 saturated carbocycles. The highest BCUT2D eigenvalue weighted by Crippen LogP contribution is 2.23. The zero-order chi connectivity index (χ0) is 10.8. The van der Waals surface area contributed by atoms with E-state index in [1.807, 2.05) is 25.1 Å². The molecule has 0 saturated heterocycles. The highest BCUT2D eigenvalue weighted by molar-refractivity contribution is 5.88. The predicted molar refractivity (Wildman–Crippen MR) is 60.2 cm³/mol. The van der Waals surface area contributed by atoms with Crippen LogP contribution in [0.3, 0.4) is 0 Å². The van der Waals surface area contributed by atoms with Crippen molar-refractivity contribution in [1.29, 1.82) is 0 Å². The molecule has 4 nitrogen and oxygen atoms in total. The molecule has 1 aromatic heterocycles. The third-order valence-electron chi connectivity index (χ3n) is 2.54. The lowest BCUT2D eigenvalue weighted by molar-refractivity contribution is 0.389. The van der Waals surface area contributed by atoms with E-state index in [4.69, 9.17) is 5.21 Å². The van der Waals surface area contributed by atoms with Crippen molar-refractivity contribution in [2.24, 2.45) is 0 Å². The number of aromatic nitrogens is 2. The van der Waals surface area contributed by atoms with Gasteiger partial charge in [0.05, 0.1) is 11.2 Å². The van der Waals surface area contributed by atoms with E-state index < -0.39 is 0 Å². The summed E-state index contributed by atoms with van der Waals surface area (Å²) in [5.74, 6) is 0.981. The number of benzene rings is 1. The van der Waals surface area contributed by atoms with Crippen LogP contribution in [0, 0.1) is 6.92 Å². The monoisotopic (exact) mass is 205 g/mol. The van der Waals surface area contributed by atoms with Crippen LogP contribution in [0.1, 0.15) is 19.2 Å². The summed E-state index contributed by atoms with van der Waals surface area (Å²) in [6.07, 6.45) is 1.07. The molecular weight excluding hydrogens is 190 g/mol.